The van der Waals surface area contributed by atoms with Crippen molar-refractivity contribution in [2.75, 3.05) is 31.3 Å². The summed E-state index contributed by atoms with van der Waals surface area (Å²) >= 11 is 3.42. The van der Waals surface area contributed by atoms with E-state index in [4.69, 9.17) is 9.47 Å². The molecule has 1 heterocycles. The Morgan fingerprint density at radius 3 is 2.81 bits per heavy atom. The van der Waals surface area contributed by atoms with Crippen molar-refractivity contribution >= 4 is 51.6 Å². The fourth-order valence-electron chi connectivity index (χ4n) is 2.78. The molecule has 3 rings (SSSR count). The lowest BCUT2D eigenvalue weighted by Gasteiger charge is -2.10. The fraction of sp³-hybridized carbons (Fsp3) is 0.273. The van der Waals surface area contributed by atoms with Gasteiger partial charge in [0.15, 0.2) is 0 Å². The monoisotopic (exact) mass is 472 g/mol. The Hall–Kier alpha value is -2.98. The van der Waals surface area contributed by atoms with E-state index in [9.17, 15) is 9.59 Å². The molecule has 0 radical (unpaired) electrons. The Labute approximate surface area is 195 Å². The number of amides is 2. The first-order valence-electron chi connectivity index (χ1n) is 9.94. The maximum atomic E-state index is 12.2. The molecule has 0 aromatic heterocycles. The first kappa shape index (κ1) is 23.7. The van der Waals surface area contributed by atoms with Crippen LogP contribution in [0.15, 0.2) is 52.6 Å². The Morgan fingerprint density at radius 1 is 1.22 bits per heavy atom. The highest BCUT2D eigenvalue weighted by atomic mass is 32.2. The number of hydrogen-bond acceptors (Lipinski definition) is 8. The number of hydrogen-bond donors (Lipinski definition) is 2. The van der Waals surface area contributed by atoms with Gasteiger partial charge in [-0.3, -0.25) is 14.6 Å². The van der Waals surface area contributed by atoms with E-state index in [0.29, 0.717) is 23.8 Å². The molecule has 0 aliphatic carbocycles. The Kier molecular flexibility index (Phi) is 9.00. The number of thioether (sulfide) groups is 2. The zero-order valence-corrected chi connectivity index (χ0v) is 19.4. The Morgan fingerprint density at radius 2 is 2.06 bits per heavy atom. The number of ether oxygens (including phenoxy) is 2. The molecule has 0 fully saturated rings. The smallest absolute Gasteiger partial charge is 0.329 e. The van der Waals surface area contributed by atoms with E-state index >= 15 is 0 Å². The minimum absolute atomic E-state index is 0.417. The molecule has 2 aromatic carbocycles. The number of methoxy groups -OCH3 is 1. The van der Waals surface area contributed by atoms with Crippen LogP contribution in [0.4, 0.5) is 5.69 Å². The van der Waals surface area contributed by atoms with Crippen molar-refractivity contribution in [2.24, 2.45) is 10.1 Å². The van der Waals surface area contributed by atoms with Gasteiger partial charge in [-0.25, -0.2) is 5.43 Å². The molecule has 0 spiro atoms. The van der Waals surface area contributed by atoms with E-state index in [1.807, 2.05) is 25.1 Å². The minimum atomic E-state index is -0.881. The van der Waals surface area contributed by atoms with E-state index in [1.165, 1.54) is 6.21 Å². The standard InChI is InChI=1S/C22H24N4O4S2/c1-3-30-19-7-5-4-6-17(19)25-20(27)21(28)26-24-13-15-8-9-18(29-2)16(12-15)14-32-22-23-10-11-31-22/h4-9,12-13H,3,10-11,14H2,1-2H3,(H,25,27)(H,26,28)/b24-13+. The van der Waals surface area contributed by atoms with E-state index < -0.39 is 11.8 Å². The summed E-state index contributed by atoms with van der Waals surface area (Å²) in [6.45, 7) is 3.14. The number of hydrazone groups is 1. The third kappa shape index (κ3) is 6.76. The summed E-state index contributed by atoms with van der Waals surface area (Å²) in [5, 5.41) is 6.43. The second-order valence-electron chi connectivity index (χ2n) is 6.44. The number of carbonyl (C=O) groups is 2. The molecule has 8 nitrogen and oxygen atoms in total. The predicted octanol–water partition coefficient (Wildman–Crippen LogP) is 3.52. The molecule has 0 unspecified atom stereocenters. The SMILES string of the molecule is CCOc1ccccc1NC(=O)C(=O)N/N=C/c1ccc(OC)c(CSC2=NCCS2)c1. The number of para-hydroxylation sites is 2. The number of nitrogens with zero attached hydrogens (tertiary/aromatic N) is 2. The van der Waals surface area contributed by atoms with Crippen LogP contribution in [-0.2, 0) is 15.3 Å². The zero-order valence-electron chi connectivity index (χ0n) is 17.8. The average Bonchev–Trinajstić information content (AvgIpc) is 3.33. The van der Waals surface area contributed by atoms with Crippen LogP contribution in [0.1, 0.15) is 18.1 Å². The van der Waals surface area contributed by atoms with Crippen LogP contribution in [0.2, 0.25) is 0 Å². The number of rotatable bonds is 8. The van der Waals surface area contributed by atoms with Crippen LogP contribution in [-0.4, -0.2) is 48.4 Å². The lowest BCUT2D eigenvalue weighted by molar-refractivity contribution is -0.136. The second kappa shape index (κ2) is 12.2. The molecule has 2 aromatic rings. The largest absolute Gasteiger partial charge is 0.496 e. The van der Waals surface area contributed by atoms with Crippen molar-refractivity contribution in [1.29, 1.82) is 0 Å². The van der Waals surface area contributed by atoms with Crippen molar-refractivity contribution in [2.45, 2.75) is 12.7 Å². The highest BCUT2D eigenvalue weighted by Crippen LogP contribution is 2.29. The maximum absolute atomic E-state index is 12.2. The third-order valence-corrected chi connectivity index (χ3v) is 6.54. The number of anilines is 1. The van der Waals surface area contributed by atoms with Crippen molar-refractivity contribution in [1.82, 2.24) is 5.43 Å². The van der Waals surface area contributed by atoms with Crippen molar-refractivity contribution in [3.8, 4) is 11.5 Å². The first-order valence-corrected chi connectivity index (χ1v) is 11.9. The van der Waals surface area contributed by atoms with E-state index in [2.05, 4.69) is 20.8 Å². The van der Waals surface area contributed by atoms with Gasteiger partial charge in [0.2, 0.25) is 0 Å². The van der Waals surface area contributed by atoms with E-state index in [1.54, 1.807) is 54.9 Å². The molecule has 10 heteroatoms. The molecule has 2 amide bonds. The molecule has 1 aliphatic rings. The highest BCUT2D eigenvalue weighted by molar-refractivity contribution is 8.38. The molecule has 0 saturated carbocycles. The molecule has 0 atom stereocenters. The summed E-state index contributed by atoms with van der Waals surface area (Å²) in [7, 11) is 1.63. The van der Waals surface area contributed by atoms with Gasteiger partial charge >= 0.3 is 11.8 Å². The molecule has 0 bridgehead atoms. The molecular weight excluding hydrogens is 448 g/mol. The highest BCUT2D eigenvalue weighted by Gasteiger charge is 2.15. The van der Waals surface area contributed by atoms with Crippen LogP contribution >= 0.6 is 23.5 Å². The number of carbonyl (C=O) groups excluding carboxylic acids is 2. The first-order chi connectivity index (χ1) is 15.6. The normalized spacial score (nSPS) is 13.0. The predicted molar refractivity (Wildman–Crippen MR) is 131 cm³/mol. The quantitative estimate of drug-likeness (QED) is 0.346. The average molecular weight is 473 g/mol. The van der Waals surface area contributed by atoms with Gasteiger partial charge in [0.1, 0.15) is 15.9 Å². The number of aliphatic imine (C=N–C) groups is 1. The van der Waals surface area contributed by atoms with Crippen molar-refractivity contribution in [3.05, 3.63) is 53.6 Å². The van der Waals surface area contributed by atoms with Gasteiger partial charge in [0.05, 0.1) is 32.2 Å². The van der Waals surface area contributed by atoms with Crippen LogP contribution in [0.5, 0.6) is 11.5 Å². The van der Waals surface area contributed by atoms with Gasteiger partial charge in [-0.15, -0.1) is 0 Å². The second-order valence-corrected chi connectivity index (χ2v) is 8.74. The summed E-state index contributed by atoms with van der Waals surface area (Å²) in [6.07, 6.45) is 1.48. The van der Waals surface area contributed by atoms with Crippen LogP contribution < -0.4 is 20.2 Å². The zero-order chi connectivity index (χ0) is 22.8. The van der Waals surface area contributed by atoms with Gasteiger partial charge in [-0.1, -0.05) is 35.7 Å². The third-order valence-electron chi connectivity index (χ3n) is 4.23. The van der Waals surface area contributed by atoms with Crippen molar-refractivity contribution < 1.29 is 19.1 Å². The van der Waals surface area contributed by atoms with Crippen LogP contribution in [0.3, 0.4) is 0 Å². The molecule has 168 valence electrons. The summed E-state index contributed by atoms with van der Waals surface area (Å²) in [5.41, 5.74) is 4.43. The van der Waals surface area contributed by atoms with Gasteiger partial charge < -0.3 is 14.8 Å². The van der Waals surface area contributed by atoms with E-state index in [0.717, 1.165) is 33.5 Å². The van der Waals surface area contributed by atoms with Crippen molar-refractivity contribution in [3.63, 3.8) is 0 Å². The topological polar surface area (TPSA) is 101 Å². The van der Waals surface area contributed by atoms with E-state index in [-0.39, 0.29) is 0 Å². The Bertz CT molecular complexity index is 1030. The maximum Gasteiger partial charge on any atom is 0.329 e. The molecule has 2 N–H and O–H groups in total. The number of nitrogens with one attached hydrogen (secondary N) is 2. The minimum Gasteiger partial charge on any atom is -0.496 e. The van der Waals surface area contributed by atoms with Gasteiger partial charge in [-0.2, -0.15) is 5.10 Å². The van der Waals surface area contributed by atoms with Gasteiger partial charge in [-0.05, 0) is 42.8 Å². The molecular formula is C22H24N4O4S2. The summed E-state index contributed by atoms with van der Waals surface area (Å²) in [6, 6.07) is 12.5. The number of benzene rings is 2. The van der Waals surface area contributed by atoms with Gasteiger partial charge in [0, 0.05) is 17.1 Å². The Balaban J connectivity index is 1.58. The van der Waals surface area contributed by atoms with Crippen LogP contribution in [0.25, 0.3) is 0 Å². The summed E-state index contributed by atoms with van der Waals surface area (Å²) in [5.74, 6) is 1.28. The molecule has 0 saturated heterocycles. The molecule has 1 aliphatic heterocycles. The fourth-order valence-corrected chi connectivity index (χ4v) is 4.77. The molecule has 32 heavy (non-hydrogen) atoms. The summed E-state index contributed by atoms with van der Waals surface area (Å²) < 4.78 is 12.0. The van der Waals surface area contributed by atoms with Gasteiger partial charge in [0.25, 0.3) is 0 Å². The summed E-state index contributed by atoms with van der Waals surface area (Å²) in [4.78, 5) is 28.7. The lowest BCUT2D eigenvalue weighted by atomic mass is 10.1. The lowest BCUT2D eigenvalue weighted by Crippen LogP contribution is -2.32. The van der Waals surface area contributed by atoms with Crippen LogP contribution in [0, 0.1) is 0 Å².